The number of amides is 1. The Bertz CT molecular complexity index is 147. The number of guanidine groups is 1. The van der Waals surface area contributed by atoms with Crippen molar-refractivity contribution in [3.05, 3.63) is 0 Å². The molecule has 0 aromatic carbocycles. The van der Waals surface area contributed by atoms with E-state index in [2.05, 4.69) is 5.32 Å². The van der Waals surface area contributed by atoms with Crippen molar-refractivity contribution >= 4 is 49.6 Å². The Morgan fingerprint density at radius 2 is 2.33 bits per heavy atom. The topological polar surface area (TPSA) is 56.2 Å². The van der Waals surface area contributed by atoms with E-state index in [0.717, 1.165) is 0 Å². The third kappa shape index (κ3) is 2.12. The first-order chi connectivity index (χ1) is 3.70. The molecule has 0 spiro atoms. The number of rotatable bonds is 0. The Hall–Kier alpha value is 0.200. The summed E-state index contributed by atoms with van der Waals surface area (Å²) in [7, 11) is 1.69. The van der Waals surface area contributed by atoms with Gasteiger partial charge in [0.25, 0.3) is 0 Å². The van der Waals surface area contributed by atoms with Crippen LogP contribution >= 0.6 is 0 Å². The van der Waals surface area contributed by atoms with Gasteiger partial charge in [-0.05, 0) is 0 Å². The monoisotopic (exact) mass is 155 g/mol. The van der Waals surface area contributed by atoms with Gasteiger partial charge < -0.3 is 4.90 Å². The Kier molecular flexibility index (Phi) is 3.46. The van der Waals surface area contributed by atoms with E-state index < -0.39 is 0 Å². The minimum atomic E-state index is -0.0995. The van der Waals surface area contributed by atoms with Gasteiger partial charge in [0.15, 0.2) is 5.96 Å². The Labute approximate surface area is 83.1 Å². The van der Waals surface area contributed by atoms with Crippen molar-refractivity contribution in [1.82, 2.24) is 10.2 Å². The van der Waals surface area contributed by atoms with E-state index in [0.29, 0.717) is 6.54 Å². The molecule has 48 valence electrons. The van der Waals surface area contributed by atoms with Crippen LogP contribution in [0.4, 0.5) is 0 Å². The van der Waals surface area contributed by atoms with Crippen LogP contribution < -0.4 is 5.32 Å². The molecular weight excluding hydrogens is 146 g/mol. The molecule has 1 fully saturated rings. The van der Waals surface area contributed by atoms with Gasteiger partial charge in [0.1, 0.15) is 0 Å². The van der Waals surface area contributed by atoms with E-state index in [9.17, 15) is 4.79 Å². The van der Waals surface area contributed by atoms with Gasteiger partial charge in [0.05, 0.1) is 6.54 Å². The Balaban J connectivity index is 0.000000640. The zero-order valence-electron chi connectivity index (χ0n) is 4.56. The molecule has 0 aromatic rings. The molecule has 1 aliphatic heterocycles. The first-order valence-electron chi connectivity index (χ1n) is 2.29. The summed E-state index contributed by atoms with van der Waals surface area (Å²) in [6.45, 7) is 0.318. The maximum atomic E-state index is 10.4. The second-order valence-corrected chi connectivity index (χ2v) is 1.75. The summed E-state index contributed by atoms with van der Waals surface area (Å²) in [5, 5.41) is 9.32. The average Bonchev–Trinajstić information content (AvgIpc) is 1.85. The van der Waals surface area contributed by atoms with E-state index in [1.54, 1.807) is 11.9 Å². The first kappa shape index (κ1) is 9.20. The third-order valence-corrected chi connectivity index (χ3v) is 1.02. The van der Waals surface area contributed by atoms with Gasteiger partial charge in [-0.15, -0.1) is 0 Å². The van der Waals surface area contributed by atoms with E-state index in [4.69, 9.17) is 5.41 Å². The molecule has 9 heavy (non-hydrogen) atoms. The number of nitrogens with one attached hydrogen (secondary N) is 2. The fourth-order valence-corrected chi connectivity index (χ4v) is 0.561. The van der Waals surface area contributed by atoms with Gasteiger partial charge in [-0.2, -0.15) is 0 Å². The normalized spacial score (nSPS) is 17.2. The molecule has 0 bridgehead atoms. The van der Waals surface area contributed by atoms with Gasteiger partial charge in [0.2, 0.25) is 5.91 Å². The number of carbonyl (C=O) groups excluding carboxylic acids is 1. The molecule has 0 radical (unpaired) electrons. The van der Waals surface area contributed by atoms with Crippen LogP contribution in [0.2, 0.25) is 0 Å². The van der Waals surface area contributed by atoms with Crippen LogP contribution in [0, 0.1) is 5.41 Å². The quantitative estimate of drug-likeness (QED) is 0.400. The zero-order chi connectivity index (χ0) is 6.15. The second kappa shape index (κ2) is 3.39. The van der Waals surface area contributed by atoms with Crippen LogP contribution in [0.15, 0.2) is 0 Å². The summed E-state index contributed by atoms with van der Waals surface area (Å²) in [6.07, 6.45) is 0. The van der Waals surface area contributed by atoms with Crippen molar-refractivity contribution in [3.63, 3.8) is 0 Å². The van der Waals surface area contributed by atoms with Crippen molar-refractivity contribution < 1.29 is 4.79 Å². The van der Waals surface area contributed by atoms with Crippen LogP contribution in [0.25, 0.3) is 0 Å². The van der Waals surface area contributed by atoms with E-state index in [1.807, 2.05) is 0 Å². The van der Waals surface area contributed by atoms with Crippen molar-refractivity contribution in [2.24, 2.45) is 0 Å². The molecule has 1 aliphatic rings. The fraction of sp³-hybridized carbons (Fsp3) is 0.500. The molecule has 5 heteroatoms. The molecular formula is C4H9CaN3O. The number of likely N-dealkylation sites (N-methyl/N-ethyl adjacent to an activating group) is 1. The van der Waals surface area contributed by atoms with Crippen molar-refractivity contribution in [2.75, 3.05) is 13.6 Å². The minimum absolute atomic E-state index is 0. The van der Waals surface area contributed by atoms with Crippen LogP contribution in [0.3, 0.4) is 0 Å². The summed E-state index contributed by atoms with van der Waals surface area (Å²) in [4.78, 5) is 11.9. The van der Waals surface area contributed by atoms with Crippen LogP contribution in [-0.4, -0.2) is 68.1 Å². The van der Waals surface area contributed by atoms with Gasteiger partial charge in [-0.3, -0.25) is 15.5 Å². The Morgan fingerprint density at radius 1 is 1.78 bits per heavy atom. The summed E-state index contributed by atoms with van der Waals surface area (Å²) in [6, 6.07) is 0. The summed E-state index contributed by atoms with van der Waals surface area (Å²) in [5.41, 5.74) is 0. The molecule has 1 saturated heterocycles. The van der Waals surface area contributed by atoms with Gasteiger partial charge in [0, 0.05) is 7.05 Å². The van der Waals surface area contributed by atoms with Crippen molar-refractivity contribution in [1.29, 1.82) is 5.41 Å². The van der Waals surface area contributed by atoms with Crippen molar-refractivity contribution in [2.45, 2.75) is 0 Å². The van der Waals surface area contributed by atoms with Crippen LogP contribution in [-0.2, 0) is 4.79 Å². The molecule has 2 N–H and O–H groups in total. The predicted molar refractivity (Wildman–Crippen MR) is 37.0 cm³/mol. The number of hydrogen-bond acceptors (Lipinski definition) is 2. The SMILES string of the molecule is CN1CC(=O)NC1=N.[CaH2]. The second-order valence-electron chi connectivity index (χ2n) is 1.75. The van der Waals surface area contributed by atoms with Crippen molar-refractivity contribution in [3.8, 4) is 0 Å². The summed E-state index contributed by atoms with van der Waals surface area (Å²) in [5.74, 6) is 0.0903. The third-order valence-electron chi connectivity index (χ3n) is 1.02. The molecule has 0 saturated carbocycles. The zero-order valence-corrected chi connectivity index (χ0v) is 4.56. The maximum absolute atomic E-state index is 10.4. The number of carbonyl (C=O) groups is 1. The van der Waals surface area contributed by atoms with E-state index in [-0.39, 0.29) is 49.6 Å². The van der Waals surface area contributed by atoms with Gasteiger partial charge >= 0.3 is 37.7 Å². The average molecular weight is 155 g/mol. The molecule has 0 unspecified atom stereocenters. The standard InChI is InChI=1S/C4H7N3O.Ca.2H/c1-7-2-3(8)6-4(7)5;;;/h2H2,1H3,(H2,5,6,8);;;. The van der Waals surface area contributed by atoms with E-state index >= 15 is 0 Å². The van der Waals surface area contributed by atoms with Crippen LogP contribution in [0.1, 0.15) is 0 Å². The summed E-state index contributed by atoms with van der Waals surface area (Å²) >= 11 is 0. The first-order valence-corrected chi connectivity index (χ1v) is 2.29. The molecule has 0 atom stereocenters. The molecule has 1 amide bonds. The number of nitrogens with zero attached hydrogens (tertiary/aromatic N) is 1. The van der Waals surface area contributed by atoms with E-state index in [1.165, 1.54) is 0 Å². The molecule has 4 nitrogen and oxygen atoms in total. The molecule has 1 rings (SSSR count). The Morgan fingerprint density at radius 3 is 2.44 bits per heavy atom. The number of hydrogen-bond donors (Lipinski definition) is 2. The fourth-order valence-electron chi connectivity index (χ4n) is 0.561. The molecule has 0 aromatic heterocycles. The van der Waals surface area contributed by atoms with Gasteiger partial charge in [-0.1, -0.05) is 0 Å². The van der Waals surface area contributed by atoms with Crippen LogP contribution in [0.5, 0.6) is 0 Å². The predicted octanol–water partition coefficient (Wildman–Crippen LogP) is -1.93. The molecule has 0 aliphatic carbocycles. The van der Waals surface area contributed by atoms with Gasteiger partial charge in [-0.25, -0.2) is 0 Å². The summed E-state index contributed by atoms with van der Waals surface area (Å²) < 4.78 is 0. The molecule has 1 heterocycles.